The molecule has 0 saturated heterocycles. The van der Waals surface area contributed by atoms with Crippen molar-refractivity contribution < 1.29 is 0 Å². The molecule has 158 valence electrons. The van der Waals surface area contributed by atoms with E-state index < -0.39 is 3.79 Å². The lowest BCUT2D eigenvalue weighted by Gasteiger charge is -2.13. The van der Waals surface area contributed by atoms with Crippen LogP contribution in [-0.2, 0) is 3.79 Å². The molecule has 0 aliphatic heterocycles. The average Bonchev–Trinajstić information content (AvgIpc) is 2.78. The van der Waals surface area contributed by atoms with Gasteiger partial charge in [-0.05, 0) is 46.7 Å². The predicted molar refractivity (Wildman–Crippen MR) is 136 cm³/mol. The van der Waals surface area contributed by atoms with E-state index in [1.54, 1.807) is 0 Å². The number of hydrogen-bond acceptors (Lipinski definition) is 4. The summed E-state index contributed by atoms with van der Waals surface area (Å²) in [4.78, 5) is 8.83. The van der Waals surface area contributed by atoms with Crippen molar-refractivity contribution in [3.05, 3.63) is 89.7 Å². The zero-order chi connectivity index (χ0) is 22.3. The van der Waals surface area contributed by atoms with Crippen LogP contribution in [-0.4, -0.2) is 16.2 Å². The molecule has 7 heteroatoms. The molecule has 4 nitrogen and oxygen atoms in total. The van der Waals surface area contributed by atoms with Gasteiger partial charge in [0.1, 0.15) is 0 Å². The number of aromatic nitrogens is 2. The highest BCUT2D eigenvalue weighted by atomic mass is 35.6. The number of nitrogens with zero attached hydrogens (tertiary/aromatic N) is 3. The monoisotopic (exact) mass is 478 g/mol. The summed E-state index contributed by atoms with van der Waals surface area (Å²) in [6, 6.07) is 24.5. The highest BCUT2D eigenvalue weighted by molar-refractivity contribution is 6.66. The minimum atomic E-state index is -1.74. The van der Waals surface area contributed by atoms with E-state index in [9.17, 15) is 0 Å². The summed E-state index contributed by atoms with van der Waals surface area (Å²) in [7, 11) is 0. The number of benzene rings is 4. The number of nitrogens with one attached hydrogen (secondary N) is 1. The molecule has 0 spiro atoms. The van der Waals surface area contributed by atoms with Gasteiger partial charge in [0.15, 0.2) is 11.6 Å². The van der Waals surface area contributed by atoms with Gasteiger partial charge in [-0.25, -0.2) is 9.97 Å². The van der Waals surface area contributed by atoms with Crippen molar-refractivity contribution in [3.63, 3.8) is 0 Å². The van der Waals surface area contributed by atoms with E-state index in [0.717, 1.165) is 38.1 Å². The quantitative estimate of drug-likeness (QED) is 0.126. The van der Waals surface area contributed by atoms with E-state index in [-0.39, 0.29) is 5.82 Å². The van der Waals surface area contributed by atoms with Crippen LogP contribution in [0.15, 0.2) is 77.9 Å². The van der Waals surface area contributed by atoms with Crippen molar-refractivity contribution in [2.45, 2.75) is 10.7 Å². The first-order valence-corrected chi connectivity index (χ1v) is 11.1. The fraction of sp³-hybridized carbons (Fsp3) is 0.0800. The number of hydrazone groups is 1. The van der Waals surface area contributed by atoms with E-state index >= 15 is 0 Å². The van der Waals surface area contributed by atoms with Crippen molar-refractivity contribution in [2.75, 3.05) is 5.43 Å². The molecule has 1 heterocycles. The molecule has 0 amide bonds. The molecule has 4 aromatic carbocycles. The Hall–Kier alpha value is -2.92. The Labute approximate surface area is 199 Å². The van der Waals surface area contributed by atoms with E-state index in [4.69, 9.17) is 34.8 Å². The lowest BCUT2D eigenvalue weighted by molar-refractivity contribution is 0.992. The average molecular weight is 480 g/mol. The Bertz CT molecular complexity index is 1450. The normalized spacial score (nSPS) is 12.2. The SMILES string of the molecule is Cc1ccc2nc(C(Cl)(Cl)Cl)nc(N/N=C/c3c4ccccc4cc4ccccc34)c2c1. The third-order valence-electron chi connectivity index (χ3n) is 5.28. The highest BCUT2D eigenvalue weighted by Crippen LogP contribution is 2.37. The van der Waals surface area contributed by atoms with Crippen LogP contribution in [0.2, 0.25) is 0 Å². The maximum Gasteiger partial charge on any atom is 0.250 e. The van der Waals surface area contributed by atoms with Crippen LogP contribution in [0.3, 0.4) is 0 Å². The van der Waals surface area contributed by atoms with Gasteiger partial charge in [-0.15, -0.1) is 0 Å². The molecule has 0 fully saturated rings. The van der Waals surface area contributed by atoms with E-state index in [1.165, 1.54) is 0 Å². The topological polar surface area (TPSA) is 50.2 Å². The summed E-state index contributed by atoms with van der Waals surface area (Å²) >= 11 is 18.2. The molecule has 5 rings (SSSR count). The van der Waals surface area contributed by atoms with Gasteiger partial charge in [-0.3, -0.25) is 5.43 Å². The van der Waals surface area contributed by atoms with E-state index in [0.29, 0.717) is 11.3 Å². The lowest BCUT2D eigenvalue weighted by atomic mass is 9.97. The van der Waals surface area contributed by atoms with Gasteiger partial charge in [0.2, 0.25) is 3.79 Å². The Kier molecular flexibility index (Phi) is 5.38. The number of anilines is 1. The fourth-order valence-electron chi connectivity index (χ4n) is 3.80. The maximum absolute atomic E-state index is 6.06. The van der Waals surface area contributed by atoms with Crippen LogP contribution in [0.25, 0.3) is 32.4 Å². The van der Waals surface area contributed by atoms with Crippen molar-refractivity contribution in [1.29, 1.82) is 0 Å². The molecule has 0 saturated carbocycles. The summed E-state index contributed by atoms with van der Waals surface area (Å²) in [5.41, 5.74) is 5.80. The first kappa shape index (κ1) is 21.0. The third kappa shape index (κ3) is 3.97. The van der Waals surface area contributed by atoms with Gasteiger partial charge >= 0.3 is 0 Å². The second-order valence-corrected chi connectivity index (χ2v) is 9.80. The molecule has 0 bridgehead atoms. The number of rotatable bonds is 3. The molecule has 0 radical (unpaired) electrons. The van der Waals surface area contributed by atoms with Gasteiger partial charge in [-0.2, -0.15) is 5.10 Å². The Morgan fingerprint density at radius 3 is 2.12 bits per heavy atom. The number of hydrogen-bond donors (Lipinski definition) is 1. The molecule has 0 aliphatic rings. The Morgan fingerprint density at radius 1 is 0.812 bits per heavy atom. The highest BCUT2D eigenvalue weighted by Gasteiger charge is 2.28. The largest absolute Gasteiger partial charge is 0.261 e. The predicted octanol–water partition coefficient (Wildman–Crippen LogP) is 7.52. The van der Waals surface area contributed by atoms with Gasteiger partial charge in [0, 0.05) is 10.9 Å². The molecule has 1 N–H and O–H groups in total. The number of halogens is 3. The summed E-state index contributed by atoms with van der Waals surface area (Å²) in [5.74, 6) is 0.563. The van der Waals surface area contributed by atoms with Crippen molar-refractivity contribution >= 4 is 79.3 Å². The summed E-state index contributed by atoms with van der Waals surface area (Å²) < 4.78 is -1.74. The van der Waals surface area contributed by atoms with Crippen LogP contribution in [0.5, 0.6) is 0 Å². The van der Waals surface area contributed by atoms with Crippen molar-refractivity contribution in [1.82, 2.24) is 9.97 Å². The fourth-order valence-corrected chi connectivity index (χ4v) is 4.05. The van der Waals surface area contributed by atoms with Crippen molar-refractivity contribution in [3.8, 4) is 0 Å². The second-order valence-electron chi connectivity index (χ2n) is 7.52. The molecule has 0 aliphatic carbocycles. The molecule has 32 heavy (non-hydrogen) atoms. The number of alkyl halides is 3. The zero-order valence-electron chi connectivity index (χ0n) is 17.0. The van der Waals surface area contributed by atoms with Crippen LogP contribution in [0.1, 0.15) is 17.0 Å². The smallest absolute Gasteiger partial charge is 0.250 e. The Balaban J connectivity index is 1.63. The Morgan fingerprint density at radius 2 is 1.47 bits per heavy atom. The van der Waals surface area contributed by atoms with Gasteiger partial charge in [0.25, 0.3) is 0 Å². The summed E-state index contributed by atoms with van der Waals surface area (Å²) in [6.07, 6.45) is 1.81. The minimum Gasteiger partial charge on any atom is -0.261 e. The van der Waals surface area contributed by atoms with Gasteiger partial charge < -0.3 is 0 Å². The summed E-state index contributed by atoms with van der Waals surface area (Å²) in [6.45, 7) is 2.00. The van der Waals surface area contributed by atoms with Crippen LogP contribution >= 0.6 is 34.8 Å². The van der Waals surface area contributed by atoms with Gasteiger partial charge in [0.05, 0.1) is 11.7 Å². The van der Waals surface area contributed by atoms with Crippen molar-refractivity contribution in [2.24, 2.45) is 5.10 Å². The first-order chi connectivity index (χ1) is 15.4. The standard InChI is InChI=1S/C25H17Cl3N4/c1-15-10-11-22-20(12-15)23(31-24(30-22)25(26,27)28)32-29-14-21-18-8-4-2-6-16(18)13-17-7-3-5-9-19(17)21/h2-14H,1H3,(H,30,31,32)/b29-14+. The van der Waals surface area contributed by atoms with E-state index in [1.807, 2.05) is 55.6 Å². The molecular formula is C25H17Cl3N4. The second kappa shape index (κ2) is 8.21. The number of fused-ring (bicyclic) bond motifs is 3. The molecule has 0 atom stereocenters. The molecule has 1 aromatic heterocycles. The number of aryl methyl sites for hydroxylation is 1. The zero-order valence-corrected chi connectivity index (χ0v) is 19.2. The third-order valence-corrected chi connectivity index (χ3v) is 5.79. The lowest BCUT2D eigenvalue weighted by Crippen LogP contribution is -2.09. The van der Waals surface area contributed by atoms with Gasteiger partial charge in [-0.1, -0.05) is 95.0 Å². The summed E-state index contributed by atoms with van der Waals surface area (Å²) in [5, 5.41) is 9.84. The molecular weight excluding hydrogens is 463 g/mol. The molecule has 0 unspecified atom stereocenters. The van der Waals surface area contributed by atoms with Crippen LogP contribution < -0.4 is 5.43 Å². The maximum atomic E-state index is 6.06. The van der Waals surface area contributed by atoms with Crippen LogP contribution in [0, 0.1) is 6.92 Å². The van der Waals surface area contributed by atoms with Crippen LogP contribution in [0.4, 0.5) is 5.82 Å². The molecule has 5 aromatic rings. The first-order valence-electron chi connectivity index (χ1n) is 9.95. The van der Waals surface area contributed by atoms with E-state index in [2.05, 4.69) is 50.8 Å². The minimum absolute atomic E-state index is 0.0900.